The van der Waals surface area contributed by atoms with E-state index in [-0.39, 0.29) is 18.7 Å². The van der Waals surface area contributed by atoms with Crippen LogP contribution in [0.3, 0.4) is 0 Å². The van der Waals surface area contributed by atoms with Crippen LogP contribution in [-0.2, 0) is 19.3 Å². The maximum atomic E-state index is 13.5. The van der Waals surface area contributed by atoms with Crippen molar-refractivity contribution in [3.05, 3.63) is 89.9 Å². The fraction of sp³-hybridized carbons (Fsp3) is 0.167. The number of methoxy groups -OCH3 is 1. The number of hydrogen-bond donors (Lipinski definition) is 1. The van der Waals surface area contributed by atoms with E-state index in [2.05, 4.69) is 25.7 Å². The summed E-state index contributed by atoms with van der Waals surface area (Å²) >= 11 is 0. The van der Waals surface area contributed by atoms with Gasteiger partial charge in [-0.05, 0) is 52.4 Å². The zero-order valence-corrected chi connectivity index (χ0v) is 18.6. The third kappa shape index (κ3) is 4.65. The quantitative estimate of drug-likeness (QED) is 0.355. The Morgan fingerprint density at radius 2 is 1.83 bits per heavy atom. The molecule has 178 valence electrons. The summed E-state index contributed by atoms with van der Waals surface area (Å²) in [6, 6.07) is 18.7. The number of fused-ring (bicyclic) bond motifs is 1. The van der Waals surface area contributed by atoms with Gasteiger partial charge in [-0.2, -0.15) is 18.3 Å². The lowest BCUT2D eigenvalue weighted by molar-refractivity contribution is -0.138. The van der Waals surface area contributed by atoms with Gasteiger partial charge in [0.05, 0.1) is 37.5 Å². The molecular weight excluding hydrogens is 459 g/mol. The van der Waals surface area contributed by atoms with E-state index in [0.717, 1.165) is 28.3 Å². The van der Waals surface area contributed by atoms with Gasteiger partial charge in [-0.25, -0.2) is 4.68 Å². The molecule has 0 aliphatic carbocycles. The van der Waals surface area contributed by atoms with Gasteiger partial charge < -0.3 is 9.64 Å². The topological polar surface area (TPSA) is 84.8 Å². The van der Waals surface area contributed by atoms with Gasteiger partial charge >= 0.3 is 6.18 Å². The predicted octanol–water partition coefficient (Wildman–Crippen LogP) is 4.96. The molecule has 2 heterocycles. The van der Waals surface area contributed by atoms with Crippen LogP contribution < -0.4 is 9.64 Å². The molecule has 2 aromatic heterocycles. The number of nitrogens with one attached hydrogen (secondary N) is 1. The Labute approximate surface area is 197 Å². The number of nitrogens with zero attached hydrogens (tertiary/aromatic N) is 6. The molecule has 0 atom stereocenters. The first kappa shape index (κ1) is 22.4. The van der Waals surface area contributed by atoms with Gasteiger partial charge in [0, 0.05) is 22.8 Å². The lowest BCUT2D eigenvalue weighted by Gasteiger charge is -2.25. The summed E-state index contributed by atoms with van der Waals surface area (Å²) in [7, 11) is 1.58. The summed E-state index contributed by atoms with van der Waals surface area (Å²) in [5, 5.41) is 19.7. The Hall–Kier alpha value is -4.41. The number of hydrogen-bond acceptors (Lipinski definition) is 6. The normalized spacial score (nSPS) is 11.7. The Bertz CT molecular complexity index is 1460. The van der Waals surface area contributed by atoms with E-state index in [1.54, 1.807) is 19.4 Å². The van der Waals surface area contributed by atoms with E-state index >= 15 is 0 Å². The molecule has 8 nitrogen and oxygen atoms in total. The van der Waals surface area contributed by atoms with E-state index in [4.69, 9.17) is 4.74 Å². The number of aromatic nitrogens is 6. The zero-order chi connectivity index (χ0) is 24.4. The highest BCUT2D eigenvalue weighted by atomic mass is 19.4. The van der Waals surface area contributed by atoms with Crippen LogP contribution in [0.1, 0.15) is 17.0 Å². The lowest BCUT2D eigenvalue weighted by Crippen LogP contribution is -2.21. The first-order chi connectivity index (χ1) is 16.9. The molecule has 0 bridgehead atoms. The smallest absolute Gasteiger partial charge is 0.416 e. The summed E-state index contributed by atoms with van der Waals surface area (Å²) in [5.74, 6) is 1.06. The maximum absolute atomic E-state index is 13.5. The molecule has 0 saturated heterocycles. The molecule has 0 aliphatic rings. The molecule has 0 radical (unpaired) electrons. The van der Waals surface area contributed by atoms with E-state index in [1.807, 2.05) is 47.4 Å². The molecule has 3 aromatic carbocycles. The van der Waals surface area contributed by atoms with Crippen LogP contribution in [0.4, 0.5) is 24.5 Å². The predicted molar refractivity (Wildman–Crippen MR) is 123 cm³/mol. The third-order valence-corrected chi connectivity index (χ3v) is 5.65. The van der Waals surface area contributed by atoms with Crippen molar-refractivity contribution in [2.75, 3.05) is 12.0 Å². The maximum Gasteiger partial charge on any atom is 0.416 e. The second-order valence-electron chi connectivity index (χ2n) is 7.84. The van der Waals surface area contributed by atoms with Crippen molar-refractivity contribution in [2.45, 2.75) is 19.3 Å². The molecular formula is C24H20F3N7O. The number of tetrazole rings is 1. The Kier molecular flexibility index (Phi) is 5.81. The minimum Gasteiger partial charge on any atom is -0.497 e. The Morgan fingerprint density at radius 3 is 2.66 bits per heavy atom. The van der Waals surface area contributed by atoms with Crippen LogP contribution in [-0.4, -0.2) is 37.5 Å². The number of H-pyrrole nitrogens is 1. The number of alkyl halides is 3. The average molecular weight is 479 g/mol. The molecule has 0 amide bonds. The van der Waals surface area contributed by atoms with Crippen LogP contribution in [0.15, 0.2) is 72.9 Å². The van der Waals surface area contributed by atoms with E-state index in [9.17, 15) is 13.2 Å². The van der Waals surface area contributed by atoms with Crippen LogP contribution in [0.2, 0.25) is 0 Å². The SMILES string of the molecule is COc1cccc(N(Cc2nnnn2Cc2ccccc2C(F)(F)F)c2ccc3[nH]ncc3c2)c1. The third-order valence-electron chi connectivity index (χ3n) is 5.65. The number of anilines is 2. The number of aromatic amines is 1. The fourth-order valence-electron chi connectivity index (χ4n) is 3.90. The average Bonchev–Trinajstić information content (AvgIpc) is 3.51. The van der Waals surface area contributed by atoms with Crippen molar-refractivity contribution in [2.24, 2.45) is 0 Å². The van der Waals surface area contributed by atoms with Gasteiger partial charge in [0.25, 0.3) is 0 Å². The highest BCUT2D eigenvalue weighted by Crippen LogP contribution is 2.33. The van der Waals surface area contributed by atoms with Crippen molar-refractivity contribution in [1.29, 1.82) is 0 Å². The lowest BCUT2D eigenvalue weighted by atomic mass is 10.1. The van der Waals surface area contributed by atoms with Gasteiger partial charge in [-0.3, -0.25) is 5.10 Å². The molecule has 0 saturated carbocycles. The zero-order valence-electron chi connectivity index (χ0n) is 18.6. The molecule has 0 fully saturated rings. The van der Waals surface area contributed by atoms with Gasteiger partial charge in [0.15, 0.2) is 5.82 Å². The number of rotatable bonds is 7. The largest absolute Gasteiger partial charge is 0.497 e. The van der Waals surface area contributed by atoms with Crippen LogP contribution >= 0.6 is 0 Å². The van der Waals surface area contributed by atoms with Crippen molar-refractivity contribution in [3.8, 4) is 5.75 Å². The minimum atomic E-state index is -4.47. The Balaban J connectivity index is 1.52. The molecule has 0 unspecified atom stereocenters. The van der Waals surface area contributed by atoms with Crippen LogP contribution in [0.25, 0.3) is 10.9 Å². The van der Waals surface area contributed by atoms with Gasteiger partial charge in [0.1, 0.15) is 5.75 Å². The van der Waals surface area contributed by atoms with Gasteiger partial charge in [-0.15, -0.1) is 5.10 Å². The molecule has 35 heavy (non-hydrogen) atoms. The number of ether oxygens (including phenoxy) is 1. The van der Waals surface area contributed by atoms with Gasteiger partial charge in [0.2, 0.25) is 0 Å². The minimum absolute atomic E-state index is 0.0845. The molecule has 5 rings (SSSR count). The van der Waals surface area contributed by atoms with E-state index < -0.39 is 11.7 Å². The van der Waals surface area contributed by atoms with Crippen molar-refractivity contribution in [3.63, 3.8) is 0 Å². The summed E-state index contributed by atoms with van der Waals surface area (Å²) in [6.07, 6.45) is -2.75. The van der Waals surface area contributed by atoms with E-state index in [1.165, 1.54) is 16.8 Å². The van der Waals surface area contributed by atoms with Crippen molar-refractivity contribution < 1.29 is 17.9 Å². The number of halogens is 3. The highest BCUT2D eigenvalue weighted by Gasteiger charge is 2.33. The standard InChI is InChI=1S/C24H20F3N7O/c1-35-20-7-4-6-18(12-20)33(19-9-10-22-17(11-19)13-28-29-22)15-23-30-31-32-34(23)14-16-5-2-3-8-21(16)24(25,26)27/h2-13H,14-15H2,1H3,(H,28,29). The molecule has 0 spiro atoms. The summed E-state index contributed by atoms with van der Waals surface area (Å²) in [6.45, 7) is 0.0858. The number of benzene rings is 3. The van der Waals surface area contributed by atoms with Crippen LogP contribution in [0.5, 0.6) is 5.75 Å². The van der Waals surface area contributed by atoms with Gasteiger partial charge in [-0.1, -0.05) is 24.3 Å². The summed E-state index contributed by atoms with van der Waals surface area (Å²) in [5.41, 5.74) is 1.89. The highest BCUT2D eigenvalue weighted by molar-refractivity contribution is 5.83. The first-order valence-electron chi connectivity index (χ1n) is 10.7. The van der Waals surface area contributed by atoms with Crippen LogP contribution in [0, 0.1) is 0 Å². The molecule has 11 heteroatoms. The molecule has 5 aromatic rings. The van der Waals surface area contributed by atoms with E-state index in [0.29, 0.717) is 11.6 Å². The summed E-state index contributed by atoms with van der Waals surface area (Å²) in [4.78, 5) is 1.97. The Morgan fingerprint density at radius 1 is 1.00 bits per heavy atom. The summed E-state index contributed by atoms with van der Waals surface area (Å²) < 4.78 is 47.3. The molecule has 0 aliphatic heterocycles. The molecule has 1 N–H and O–H groups in total. The second-order valence-corrected chi connectivity index (χ2v) is 7.84. The first-order valence-corrected chi connectivity index (χ1v) is 10.7. The van der Waals surface area contributed by atoms with Crippen molar-refractivity contribution >= 4 is 22.3 Å². The van der Waals surface area contributed by atoms with Crippen molar-refractivity contribution in [1.82, 2.24) is 30.4 Å². The second kappa shape index (κ2) is 9.09. The fourth-order valence-corrected chi connectivity index (χ4v) is 3.90. The monoisotopic (exact) mass is 479 g/mol.